The van der Waals surface area contributed by atoms with Crippen molar-refractivity contribution in [3.8, 4) is 11.3 Å². The second-order valence-electron chi connectivity index (χ2n) is 7.59. The minimum absolute atomic E-state index is 0.358. The molecular weight excluding hydrogens is 412 g/mol. The summed E-state index contributed by atoms with van der Waals surface area (Å²) in [7, 11) is 1.38. The van der Waals surface area contributed by atoms with E-state index in [2.05, 4.69) is 32.7 Å². The zero-order valence-corrected chi connectivity index (χ0v) is 18.4. The van der Waals surface area contributed by atoms with Gasteiger partial charge in [0.05, 0.1) is 12.8 Å². The van der Waals surface area contributed by atoms with E-state index < -0.39 is 6.04 Å². The van der Waals surface area contributed by atoms with Gasteiger partial charge in [-0.05, 0) is 29.3 Å². The van der Waals surface area contributed by atoms with E-state index in [1.807, 2.05) is 78.9 Å². The van der Waals surface area contributed by atoms with Crippen LogP contribution in [0.25, 0.3) is 11.3 Å². The number of carbonyl (C=O) groups excluding carboxylic acids is 1. The molecule has 166 valence electrons. The molecule has 0 aliphatic rings. The highest BCUT2D eigenvalue weighted by molar-refractivity contribution is 5.79. The molecule has 0 radical (unpaired) electrons. The van der Waals surface area contributed by atoms with Crippen LogP contribution in [0, 0.1) is 0 Å². The Morgan fingerprint density at radius 2 is 1.58 bits per heavy atom. The van der Waals surface area contributed by atoms with E-state index in [1.54, 1.807) is 6.20 Å². The summed E-state index contributed by atoms with van der Waals surface area (Å²) in [5, 5.41) is 6.54. The maximum atomic E-state index is 12.3. The number of anilines is 2. The Hall–Kier alpha value is -4.19. The fourth-order valence-corrected chi connectivity index (χ4v) is 3.48. The fourth-order valence-electron chi connectivity index (χ4n) is 3.48. The molecule has 4 aromatic rings. The largest absolute Gasteiger partial charge is 0.467 e. The molecule has 0 saturated carbocycles. The van der Waals surface area contributed by atoms with Gasteiger partial charge in [0, 0.05) is 30.4 Å². The van der Waals surface area contributed by atoms with Crippen LogP contribution < -0.4 is 10.6 Å². The summed E-state index contributed by atoms with van der Waals surface area (Å²) in [6, 6.07) is 29.4. The van der Waals surface area contributed by atoms with Crippen LogP contribution in [-0.4, -0.2) is 29.1 Å². The molecule has 0 spiro atoms. The van der Waals surface area contributed by atoms with Gasteiger partial charge in [0.2, 0.25) is 5.95 Å². The molecule has 1 unspecified atom stereocenters. The van der Waals surface area contributed by atoms with Crippen LogP contribution in [-0.2, 0) is 22.5 Å². The first-order chi connectivity index (χ1) is 16.2. The van der Waals surface area contributed by atoms with Gasteiger partial charge in [-0.25, -0.2) is 14.8 Å². The van der Waals surface area contributed by atoms with Crippen LogP contribution in [0.15, 0.2) is 97.2 Å². The van der Waals surface area contributed by atoms with Crippen molar-refractivity contribution in [1.29, 1.82) is 0 Å². The Morgan fingerprint density at radius 3 is 2.27 bits per heavy atom. The zero-order valence-electron chi connectivity index (χ0n) is 18.4. The second kappa shape index (κ2) is 10.9. The van der Waals surface area contributed by atoms with Gasteiger partial charge < -0.3 is 15.4 Å². The van der Waals surface area contributed by atoms with E-state index >= 15 is 0 Å². The van der Waals surface area contributed by atoms with Crippen molar-refractivity contribution in [2.45, 2.75) is 19.0 Å². The molecular formula is C27H26N4O2. The number of nitrogens with zero attached hydrogens (tertiary/aromatic N) is 2. The number of ether oxygens (including phenoxy) is 1. The van der Waals surface area contributed by atoms with Gasteiger partial charge in [-0.2, -0.15) is 0 Å². The lowest BCUT2D eigenvalue weighted by molar-refractivity contribution is -0.141. The highest BCUT2D eigenvalue weighted by Gasteiger charge is 2.20. The molecule has 1 aromatic heterocycles. The number of aromatic nitrogens is 2. The van der Waals surface area contributed by atoms with E-state index in [0.717, 1.165) is 29.1 Å². The van der Waals surface area contributed by atoms with Gasteiger partial charge in [-0.15, -0.1) is 0 Å². The quantitative estimate of drug-likeness (QED) is 0.360. The van der Waals surface area contributed by atoms with Gasteiger partial charge in [0.1, 0.15) is 6.04 Å². The molecule has 0 aliphatic heterocycles. The number of rotatable bonds is 9. The van der Waals surface area contributed by atoms with Crippen LogP contribution in [0.5, 0.6) is 0 Å². The molecule has 4 rings (SSSR count). The lowest BCUT2D eigenvalue weighted by atomic mass is 10.1. The normalized spacial score (nSPS) is 11.4. The third kappa shape index (κ3) is 6.17. The van der Waals surface area contributed by atoms with Crippen LogP contribution >= 0.6 is 0 Å². The molecule has 3 aromatic carbocycles. The number of hydrogen-bond acceptors (Lipinski definition) is 6. The Bertz CT molecular complexity index is 1170. The molecule has 1 heterocycles. The summed E-state index contributed by atoms with van der Waals surface area (Å²) < 4.78 is 4.98. The first kappa shape index (κ1) is 22.0. The van der Waals surface area contributed by atoms with Crippen LogP contribution in [0.1, 0.15) is 11.1 Å². The van der Waals surface area contributed by atoms with Crippen molar-refractivity contribution in [1.82, 2.24) is 9.97 Å². The van der Waals surface area contributed by atoms with Crippen molar-refractivity contribution in [2.24, 2.45) is 0 Å². The molecule has 0 saturated heterocycles. The van der Waals surface area contributed by atoms with Crippen LogP contribution in [0.2, 0.25) is 0 Å². The lowest BCUT2D eigenvalue weighted by Crippen LogP contribution is -2.33. The highest BCUT2D eigenvalue weighted by Crippen LogP contribution is 2.20. The van der Waals surface area contributed by atoms with Gasteiger partial charge in [-0.1, -0.05) is 72.8 Å². The van der Waals surface area contributed by atoms with Gasteiger partial charge >= 0.3 is 5.97 Å². The summed E-state index contributed by atoms with van der Waals surface area (Å²) >= 11 is 0. The Morgan fingerprint density at radius 1 is 0.879 bits per heavy atom. The van der Waals surface area contributed by atoms with E-state index in [-0.39, 0.29) is 5.97 Å². The molecule has 6 heteroatoms. The van der Waals surface area contributed by atoms with Crippen molar-refractivity contribution < 1.29 is 9.53 Å². The molecule has 0 bridgehead atoms. The summed E-state index contributed by atoms with van der Waals surface area (Å²) in [5.74, 6) is 0.0248. The van der Waals surface area contributed by atoms with E-state index in [4.69, 9.17) is 4.74 Å². The molecule has 1 atom stereocenters. The predicted molar refractivity (Wildman–Crippen MR) is 131 cm³/mol. The van der Waals surface area contributed by atoms with Crippen LogP contribution in [0.3, 0.4) is 0 Å². The zero-order chi connectivity index (χ0) is 22.9. The number of carbonyl (C=O) groups is 1. The number of esters is 1. The molecule has 2 N–H and O–H groups in total. The molecule has 0 fully saturated rings. The minimum atomic E-state index is -0.584. The van der Waals surface area contributed by atoms with Gasteiger partial charge in [-0.3, -0.25) is 0 Å². The third-order valence-corrected chi connectivity index (χ3v) is 5.25. The predicted octanol–water partition coefficient (Wildman–Crippen LogP) is 4.95. The van der Waals surface area contributed by atoms with Gasteiger partial charge in [0.25, 0.3) is 0 Å². The summed E-state index contributed by atoms with van der Waals surface area (Å²) in [4.78, 5) is 21.3. The average Bonchev–Trinajstić information content (AvgIpc) is 2.88. The van der Waals surface area contributed by atoms with Crippen molar-refractivity contribution in [3.63, 3.8) is 0 Å². The third-order valence-electron chi connectivity index (χ3n) is 5.25. The Labute approximate surface area is 193 Å². The SMILES string of the molecule is COC(=O)C(Cc1ccccc1)Nc1nccc(-c2ccc(CNc3ccccc3)cc2)n1. The number of methoxy groups -OCH3 is 1. The highest BCUT2D eigenvalue weighted by atomic mass is 16.5. The number of para-hydroxylation sites is 1. The minimum Gasteiger partial charge on any atom is -0.467 e. The smallest absolute Gasteiger partial charge is 0.328 e. The average molecular weight is 439 g/mol. The number of hydrogen-bond donors (Lipinski definition) is 2. The lowest BCUT2D eigenvalue weighted by Gasteiger charge is -2.17. The summed E-state index contributed by atoms with van der Waals surface area (Å²) in [5.41, 5.74) is 5.03. The van der Waals surface area contributed by atoms with Crippen molar-refractivity contribution in [3.05, 3.63) is 108 Å². The van der Waals surface area contributed by atoms with Crippen LogP contribution in [0.4, 0.5) is 11.6 Å². The first-order valence-electron chi connectivity index (χ1n) is 10.8. The fraction of sp³-hybridized carbons (Fsp3) is 0.148. The summed E-state index contributed by atoms with van der Waals surface area (Å²) in [6.45, 7) is 0.737. The second-order valence-corrected chi connectivity index (χ2v) is 7.59. The Balaban J connectivity index is 1.44. The maximum Gasteiger partial charge on any atom is 0.328 e. The van der Waals surface area contributed by atoms with Crippen molar-refractivity contribution in [2.75, 3.05) is 17.7 Å². The molecule has 0 amide bonds. The summed E-state index contributed by atoms with van der Waals surface area (Å²) in [6.07, 6.45) is 2.16. The molecule has 33 heavy (non-hydrogen) atoms. The van der Waals surface area contributed by atoms with Crippen molar-refractivity contribution >= 4 is 17.6 Å². The maximum absolute atomic E-state index is 12.3. The number of benzene rings is 3. The standard InChI is InChI=1S/C27H26N4O2/c1-33-26(32)25(18-20-8-4-2-5-9-20)31-27-28-17-16-24(30-27)22-14-12-21(13-15-22)19-29-23-10-6-3-7-11-23/h2-17,25,29H,18-19H2,1H3,(H,28,30,31). The number of nitrogens with one attached hydrogen (secondary N) is 2. The van der Waals surface area contributed by atoms with Gasteiger partial charge in [0.15, 0.2) is 0 Å². The Kier molecular flexibility index (Phi) is 7.28. The topological polar surface area (TPSA) is 76.1 Å². The van der Waals surface area contributed by atoms with E-state index in [0.29, 0.717) is 12.4 Å². The molecule has 6 nitrogen and oxygen atoms in total. The van der Waals surface area contributed by atoms with E-state index in [1.165, 1.54) is 12.7 Å². The molecule has 0 aliphatic carbocycles. The monoisotopic (exact) mass is 438 g/mol. The van der Waals surface area contributed by atoms with E-state index in [9.17, 15) is 4.79 Å². The first-order valence-corrected chi connectivity index (χ1v) is 10.8.